The fraction of sp³-hybridized carbons (Fsp3) is 0.722. The number of carbonyl (C=O) groups excluding carboxylic acids is 2. The first kappa shape index (κ1) is 17.8. The number of aromatic nitrogens is 2. The molecule has 2 aliphatic rings. The molecule has 7 nitrogen and oxygen atoms in total. The Hall–Kier alpha value is -2.05. The molecule has 138 valence electrons. The minimum atomic E-state index is -0.116. The van der Waals surface area contributed by atoms with Crippen molar-refractivity contribution in [1.29, 1.82) is 0 Å². The van der Waals surface area contributed by atoms with Gasteiger partial charge in [0, 0.05) is 18.5 Å². The van der Waals surface area contributed by atoms with Crippen LogP contribution in [0.2, 0.25) is 0 Å². The average Bonchev–Trinajstić information content (AvgIpc) is 3.02. The van der Waals surface area contributed by atoms with E-state index in [1.54, 1.807) is 0 Å². The van der Waals surface area contributed by atoms with Gasteiger partial charge in [0.25, 0.3) is 0 Å². The summed E-state index contributed by atoms with van der Waals surface area (Å²) in [6, 6.07) is 2.18. The summed E-state index contributed by atoms with van der Waals surface area (Å²) in [5.41, 5.74) is 1.87. The smallest absolute Gasteiger partial charge is 0.315 e. The largest absolute Gasteiger partial charge is 0.335 e. The van der Waals surface area contributed by atoms with Crippen LogP contribution in [0.4, 0.5) is 4.79 Å². The number of urea groups is 1. The van der Waals surface area contributed by atoms with Crippen LogP contribution >= 0.6 is 0 Å². The van der Waals surface area contributed by atoms with E-state index in [2.05, 4.69) is 15.7 Å². The molecule has 2 heterocycles. The summed E-state index contributed by atoms with van der Waals surface area (Å²) in [4.78, 5) is 26.1. The van der Waals surface area contributed by atoms with Gasteiger partial charge in [-0.3, -0.25) is 9.48 Å². The summed E-state index contributed by atoms with van der Waals surface area (Å²) in [5, 5.41) is 10.5. The van der Waals surface area contributed by atoms with E-state index in [9.17, 15) is 9.59 Å². The molecule has 1 aromatic heterocycles. The lowest BCUT2D eigenvalue weighted by Crippen LogP contribution is -2.42. The Morgan fingerprint density at radius 1 is 1.24 bits per heavy atom. The Bertz CT molecular complexity index is 619. The number of nitrogens with zero attached hydrogens (tertiary/aromatic N) is 3. The van der Waals surface area contributed by atoms with E-state index < -0.39 is 0 Å². The van der Waals surface area contributed by atoms with Crippen LogP contribution in [0.25, 0.3) is 0 Å². The molecule has 3 amide bonds. The Morgan fingerprint density at radius 3 is 2.72 bits per heavy atom. The Balaban J connectivity index is 1.50. The molecule has 0 bridgehead atoms. The predicted molar refractivity (Wildman–Crippen MR) is 94.7 cm³/mol. The van der Waals surface area contributed by atoms with Gasteiger partial charge in [0.15, 0.2) is 0 Å². The van der Waals surface area contributed by atoms with Gasteiger partial charge in [0.05, 0.1) is 31.0 Å². The van der Waals surface area contributed by atoms with E-state index in [1.807, 2.05) is 29.5 Å². The van der Waals surface area contributed by atoms with E-state index in [-0.39, 0.29) is 17.9 Å². The number of amides is 3. The zero-order chi connectivity index (χ0) is 17.8. The van der Waals surface area contributed by atoms with Crippen molar-refractivity contribution in [2.45, 2.75) is 71.6 Å². The molecule has 7 heteroatoms. The Morgan fingerprint density at radius 2 is 2.00 bits per heavy atom. The lowest BCUT2D eigenvalue weighted by Gasteiger charge is -2.29. The van der Waals surface area contributed by atoms with E-state index in [0.717, 1.165) is 24.2 Å². The first-order valence-corrected chi connectivity index (χ1v) is 9.41. The number of carbonyl (C=O) groups is 2. The first-order valence-electron chi connectivity index (χ1n) is 9.41. The van der Waals surface area contributed by atoms with Crippen LogP contribution in [0.3, 0.4) is 0 Å². The minimum Gasteiger partial charge on any atom is -0.335 e. The monoisotopic (exact) mass is 347 g/mol. The van der Waals surface area contributed by atoms with Gasteiger partial charge in [0.1, 0.15) is 0 Å². The maximum atomic E-state index is 12.1. The van der Waals surface area contributed by atoms with Crippen molar-refractivity contribution in [1.82, 2.24) is 25.3 Å². The third kappa shape index (κ3) is 4.52. The minimum absolute atomic E-state index is 0.0130. The molecule has 25 heavy (non-hydrogen) atoms. The zero-order valence-corrected chi connectivity index (χ0v) is 15.3. The number of hydrogen-bond acceptors (Lipinski definition) is 3. The van der Waals surface area contributed by atoms with Crippen molar-refractivity contribution >= 4 is 11.9 Å². The van der Waals surface area contributed by atoms with Gasteiger partial charge in [-0.1, -0.05) is 33.1 Å². The van der Waals surface area contributed by atoms with E-state index in [0.29, 0.717) is 32.2 Å². The van der Waals surface area contributed by atoms with Gasteiger partial charge in [-0.05, 0) is 18.9 Å². The molecule has 1 aromatic rings. The second-order valence-electron chi connectivity index (χ2n) is 7.43. The van der Waals surface area contributed by atoms with Crippen LogP contribution in [0.15, 0.2) is 6.07 Å². The second-order valence-corrected chi connectivity index (χ2v) is 7.43. The van der Waals surface area contributed by atoms with Crippen molar-refractivity contribution in [3.05, 3.63) is 17.5 Å². The van der Waals surface area contributed by atoms with E-state index >= 15 is 0 Å². The lowest BCUT2D eigenvalue weighted by atomic mass is 9.96. The molecule has 0 spiro atoms. The summed E-state index contributed by atoms with van der Waals surface area (Å²) >= 11 is 0. The quantitative estimate of drug-likeness (QED) is 0.874. The molecular formula is C18H29N5O2. The Labute approximate surface area is 149 Å². The SMILES string of the molecule is CC(C)C(=O)N1CCn2nc(CNC(=O)NC3CCCCC3)cc2C1. The van der Waals surface area contributed by atoms with Gasteiger partial charge >= 0.3 is 6.03 Å². The second kappa shape index (κ2) is 7.89. The molecule has 0 radical (unpaired) electrons. The number of nitrogens with one attached hydrogen (secondary N) is 2. The third-order valence-electron chi connectivity index (χ3n) is 5.02. The number of fused-ring (bicyclic) bond motifs is 1. The highest BCUT2D eigenvalue weighted by molar-refractivity contribution is 5.78. The predicted octanol–water partition coefficient (Wildman–Crippen LogP) is 2.01. The van der Waals surface area contributed by atoms with Gasteiger partial charge in [-0.2, -0.15) is 5.10 Å². The topological polar surface area (TPSA) is 79.3 Å². The maximum absolute atomic E-state index is 12.1. The zero-order valence-electron chi connectivity index (χ0n) is 15.3. The lowest BCUT2D eigenvalue weighted by molar-refractivity contribution is -0.136. The summed E-state index contributed by atoms with van der Waals surface area (Å²) in [6.45, 7) is 6.26. The Kier molecular flexibility index (Phi) is 5.60. The van der Waals surface area contributed by atoms with Gasteiger partial charge in [-0.25, -0.2) is 4.79 Å². The first-order chi connectivity index (χ1) is 12.0. The molecule has 0 unspecified atom stereocenters. The molecule has 1 saturated carbocycles. The summed E-state index contributed by atoms with van der Waals surface area (Å²) in [6.07, 6.45) is 5.82. The number of rotatable bonds is 4. The van der Waals surface area contributed by atoms with Crippen LogP contribution in [-0.4, -0.2) is 39.2 Å². The molecule has 0 atom stereocenters. The van der Waals surface area contributed by atoms with Crippen LogP contribution in [0.1, 0.15) is 57.3 Å². The molecule has 3 rings (SSSR count). The highest BCUT2D eigenvalue weighted by atomic mass is 16.2. The molecule has 2 N–H and O–H groups in total. The molecule has 0 saturated heterocycles. The molecule has 1 aliphatic heterocycles. The van der Waals surface area contributed by atoms with Crippen molar-refractivity contribution in [2.75, 3.05) is 6.54 Å². The van der Waals surface area contributed by atoms with Crippen LogP contribution in [0.5, 0.6) is 0 Å². The normalized spacial score (nSPS) is 18.1. The van der Waals surface area contributed by atoms with Crippen LogP contribution in [0, 0.1) is 5.92 Å². The van der Waals surface area contributed by atoms with E-state index in [4.69, 9.17) is 0 Å². The standard InChI is InChI=1S/C18H29N5O2/c1-13(2)17(24)22-8-9-23-16(12-22)10-15(21-23)11-19-18(25)20-14-6-4-3-5-7-14/h10,13-14H,3-9,11-12H2,1-2H3,(H2,19,20,25). The highest BCUT2D eigenvalue weighted by Gasteiger charge is 2.24. The van der Waals surface area contributed by atoms with Gasteiger partial charge < -0.3 is 15.5 Å². The third-order valence-corrected chi connectivity index (χ3v) is 5.02. The molecule has 1 aliphatic carbocycles. The summed E-state index contributed by atoms with van der Waals surface area (Å²) < 4.78 is 1.94. The highest BCUT2D eigenvalue weighted by Crippen LogP contribution is 2.18. The van der Waals surface area contributed by atoms with Crippen molar-refractivity contribution in [3.8, 4) is 0 Å². The van der Waals surface area contributed by atoms with Crippen molar-refractivity contribution in [3.63, 3.8) is 0 Å². The van der Waals surface area contributed by atoms with Crippen LogP contribution in [-0.2, 0) is 24.4 Å². The summed E-state index contributed by atoms with van der Waals surface area (Å²) in [7, 11) is 0. The van der Waals surface area contributed by atoms with Crippen LogP contribution < -0.4 is 10.6 Å². The molecule has 0 aromatic carbocycles. The fourth-order valence-electron chi connectivity index (χ4n) is 3.62. The summed E-state index contributed by atoms with van der Waals surface area (Å²) in [5.74, 6) is 0.193. The molecule has 1 fully saturated rings. The van der Waals surface area contributed by atoms with Gasteiger partial charge in [-0.15, -0.1) is 0 Å². The van der Waals surface area contributed by atoms with Crippen molar-refractivity contribution in [2.24, 2.45) is 5.92 Å². The van der Waals surface area contributed by atoms with Gasteiger partial charge in [0.2, 0.25) is 5.91 Å². The average molecular weight is 347 g/mol. The number of hydrogen-bond donors (Lipinski definition) is 2. The van der Waals surface area contributed by atoms with Crippen molar-refractivity contribution < 1.29 is 9.59 Å². The molecular weight excluding hydrogens is 318 g/mol. The fourth-order valence-corrected chi connectivity index (χ4v) is 3.62. The maximum Gasteiger partial charge on any atom is 0.315 e. The van der Waals surface area contributed by atoms with E-state index in [1.165, 1.54) is 19.3 Å².